The van der Waals surface area contributed by atoms with E-state index >= 15 is 0 Å². The summed E-state index contributed by atoms with van der Waals surface area (Å²) in [5, 5.41) is 9.14. The number of halogens is 1. The van der Waals surface area contributed by atoms with Crippen molar-refractivity contribution in [3.63, 3.8) is 0 Å². The molecule has 0 aliphatic heterocycles. The van der Waals surface area contributed by atoms with Crippen LogP contribution >= 0.6 is 11.6 Å². The molecule has 0 aliphatic rings. The first-order chi connectivity index (χ1) is 11.6. The van der Waals surface area contributed by atoms with Gasteiger partial charge in [-0.1, -0.05) is 29.8 Å². The molecule has 0 aromatic heterocycles. The summed E-state index contributed by atoms with van der Waals surface area (Å²) in [7, 11) is 1.48. The Bertz CT molecular complexity index is 835. The van der Waals surface area contributed by atoms with Crippen molar-refractivity contribution in [2.45, 2.75) is 0 Å². The zero-order chi connectivity index (χ0) is 17.4. The number of hydrogen-bond donors (Lipinski definition) is 0. The number of carbonyl (C=O) groups excluding carboxylic acids is 1. The van der Waals surface area contributed by atoms with Gasteiger partial charge in [0.15, 0.2) is 11.5 Å². The maximum atomic E-state index is 11.9. The summed E-state index contributed by atoms with van der Waals surface area (Å²) in [6, 6.07) is 14.0. The van der Waals surface area contributed by atoms with Crippen LogP contribution in [0.1, 0.15) is 11.1 Å². The van der Waals surface area contributed by atoms with Gasteiger partial charge in [0, 0.05) is 17.2 Å². The molecule has 0 saturated carbocycles. The van der Waals surface area contributed by atoms with Gasteiger partial charge in [0.2, 0.25) is 0 Å². The number of methoxy groups -OCH3 is 1. The third-order valence-electron chi connectivity index (χ3n) is 3.01. The summed E-state index contributed by atoms with van der Waals surface area (Å²) in [6.45, 7) is 0. The minimum absolute atomic E-state index is 0.298. The van der Waals surface area contributed by atoms with Crippen molar-refractivity contribution in [2.75, 3.05) is 7.11 Å². The van der Waals surface area contributed by atoms with Crippen molar-refractivity contribution in [1.29, 1.82) is 5.26 Å². The lowest BCUT2D eigenvalue weighted by Crippen LogP contribution is -2.05. The fraction of sp³-hybridized carbons (Fsp3) is 0.0526. The SMILES string of the molecule is COc1cc(/C=C\C#N)ccc1OC(=O)/C=C/c1cccc(Cl)c1. The maximum Gasteiger partial charge on any atom is 0.336 e. The molecule has 0 radical (unpaired) electrons. The van der Waals surface area contributed by atoms with E-state index in [4.69, 9.17) is 26.3 Å². The number of allylic oxidation sites excluding steroid dienone is 1. The number of nitrogens with zero attached hydrogens (tertiary/aromatic N) is 1. The van der Waals surface area contributed by atoms with Gasteiger partial charge in [0.05, 0.1) is 13.2 Å². The van der Waals surface area contributed by atoms with Crippen molar-refractivity contribution in [3.05, 3.63) is 70.8 Å². The van der Waals surface area contributed by atoms with E-state index in [9.17, 15) is 4.79 Å². The molecule has 0 heterocycles. The second-order valence-electron chi connectivity index (χ2n) is 4.68. The van der Waals surface area contributed by atoms with Crippen molar-refractivity contribution < 1.29 is 14.3 Å². The highest BCUT2D eigenvalue weighted by Gasteiger charge is 2.08. The Morgan fingerprint density at radius 2 is 1.92 bits per heavy atom. The smallest absolute Gasteiger partial charge is 0.336 e. The number of rotatable bonds is 5. The zero-order valence-corrected chi connectivity index (χ0v) is 13.7. The van der Waals surface area contributed by atoms with Gasteiger partial charge in [0.25, 0.3) is 0 Å². The number of benzene rings is 2. The molecule has 5 heteroatoms. The first-order valence-corrected chi connectivity index (χ1v) is 7.40. The molecule has 0 saturated heterocycles. The number of carbonyl (C=O) groups is 1. The lowest BCUT2D eigenvalue weighted by Gasteiger charge is -2.08. The summed E-state index contributed by atoms with van der Waals surface area (Å²) in [6.07, 6.45) is 5.92. The molecule has 0 bridgehead atoms. The van der Waals surface area contributed by atoms with Gasteiger partial charge in [-0.15, -0.1) is 0 Å². The van der Waals surface area contributed by atoms with Gasteiger partial charge >= 0.3 is 5.97 Å². The van der Waals surface area contributed by atoms with Crippen LogP contribution in [0.25, 0.3) is 12.2 Å². The van der Waals surface area contributed by atoms with Gasteiger partial charge < -0.3 is 9.47 Å². The number of nitriles is 1. The normalized spacial score (nSPS) is 10.7. The lowest BCUT2D eigenvalue weighted by atomic mass is 10.2. The summed E-state index contributed by atoms with van der Waals surface area (Å²) in [5.41, 5.74) is 1.56. The van der Waals surface area contributed by atoms with Gasteiger partial charge in [-0.2, -0.15) is 5.26 Å². The fourth-order valence-corrected chi connectivity index (χ4v) is 2.12. The Morgan fingerprint density at radius 1 is 1.12 bits per heavy atom. The molecule has 120 valence electrons. The van der Waals surface area contributed by atoms with Crippen LogP contribution in [0, 0.1) is 11.3 Å². The van der Waals surface area contributed by atoms with Crippen LogP contribution in [-0.2, 0) is 4.79 Å². The van der Waals surface area contributed by atoms with Crippen LogP contribution in [0.15, 0.2) is 54.6 Å². The summed E-state index contributed by atoms with van der Waals surface area (Å²) < 4.78 is 10.5. The highest BCUT2D eigenvalue weighted by Crippen LogP contribution is 2.28. The fourth-order valence-electron chi connectivity index (χ4n) is 1.92. The second-order valence-corrected chi connectivity index (χ2v) is 5.12. The largest absolute Gasteiger partial charge is 0.493 e. The average Bonchev–Trinajstić information content (AvgIpc) is 2.59. The van der Waals surface area contributed by atoms with Crippen LogP contribution in [0.3, 0.4) is 0 Å². The molecular weight excluding hydrogens is 326 g/mol. The van der Waals surface area contributed by atoms with Crippen LogP contribution in [0.4, 0.5) is 0 Å². The number of ether oxygens (including phenoxy) is 2. The van der Waals surface area contributed by atoms with E-state index in [1.165, 1.54) is 19.3 Å². The average molecular weight is 340 g/mol. The van der Waals surface area contributed by atoms with E-state index < -0.39 is 5.97 Å². The third kappa shape index (κ3) is 5.01. The molecule has 0 atom stereocenters. The molecule has 4 nitrogen and oxygen atoms in total. The van der Waals surface area contributed by atoms with E-state index in [1.807, 2.05) is 12.1 Å². The summed E-state index contributed by atoms with van der Waals surface area (Å²) in [4.78, 5) is 11.9. The van der Waals surface area contributed by atoms with E-state index in [-0.39, 0.29) is 0 Å². The monoisotopic (exact) mass is 339 g/mol. The van der Waals surface area contributed by atoms with E-state index in [0.717, 1.165) is 11.1 Å². The third-order valence-corrected chi connectivity index (χ3v) is 3.24. The first kappa shape index (κ1) is 17.3. The molecule has 0 amide bonds. The summed E-state index contributed by atoms with van der Waals surface area (Å²) >= 11 is 5.89. The van der Waals surface area contributed by atoms with E-state index in [0.29, 0.717) is 16.5 Å². The molecule has 2 aromatic carbocycles. The van der Waals surface area contributed by atoms with Gasteiger partial charge in [-0.05, 0) is 47.5 Å². The molecular formula is C19H14ClNO3. The Hall–Kier alpha value is -3.03. The molecule has 24 heavy (non-hydrogen) atoms. The van der Waals surface area contributed by atoms with E-state index in [1.54, 1.807) is 48.6 Å². The van der Waals surface area contributed by atoms with Gasteiger partial charge in [-0.3, -0.25) is 0 Å². The predicted octanol–water partition coefficient (Wildman–Crippen LogP) is 4.50. The number of hydrogen-bond acceptors (Lipinski definition) is 4. The minimum atomic E-state index is -0.534. The standard InChI is InChI=1S/C19H14ClNO3/c1-23-18-13-15(5-3-11-21)7-9-17(18)24-19(22)10-8-14-4-2-6-16(20)12-14/h2-10,12-13H,1H3/b5-3-,10-8+. The van der Waals surface area contributed by atoms with Gasteiger partial charge in [0.1, 0.15) is 0 Å². The lowest BCUT2D eigenvalue weighted by molar-refractivity contribution is -0.129. The van der Waals surface area contributed by atoms with Crippen LogP contribution in [0.2, 0.25) is 5.02 Å². The Balaban J connectivity index is 2.11. The van der Waals surface area contributed by atoms with E-state index in [2.05, 4.69) is 0 Å². The predicted molar refractivity (Wildman–Crippen MR) is 93.8 cm³/mol. The molecule has 0 aliphatic carbocycles. The molecule has 0 unspecified atom stereocenters. The Morgan fingerprint density at radius 3 is 2.62 bits per heavy atom. The zero-order valence-electron chi connectivity index (χ0n) is 12.9. The molecule has 2 rings (SSSR count). The van der Waals surface area contributed by atoms with Crippen molar-refractivity contribution in [3.8, 4) is 17.6 Å². The van der Waals surface area contributed by atoms with Crippen molar-refractivity contribution in [1.82, 2.24) is 0 Å². The molecule has 0 fully saturated rings. The Labute approximate surface area is 145 Å². The highest BCUT2D eigenvalue weighted by atomic mass is 35.5. The highest BCUT2D eigenvalue weighted by molar-refractivity contribution is 6.30. The van der Waals surface area contributed by atoms with Gasteiger partial charge in [-0.25, -0.2) is 4.79 Å². The summed E-state index contributed by atoms with van der Waals surface area (Å²) in [5.74, 6) is 0.167. The number of esters is 1. The quantitative estimate of drug-likeness (QED) is 0.348. The van der Waals surface area contributed by atoms with Crippen LogP contribution < -0.4 is 9.47 Å². The Kier molecular flexibility index (Phi) is 6.18. The topological polar surface area (TPSA) is 59.3 Å². The second kappa shape index (κ2) is 8.56. The van der Waals surface area contributed by atoms with Crippen LogP contribution in [0.5, 0.6) is 11.5 Å². The van der Waals surface area contributed by atoms with Crippen LogP contribution in [-0.4, -0.2) is 13.1 Å². The minimum Gasteiger partial charge on any atom is -0.493 e. The molecule has 0 N–H and O–H groups in total. The van der Waals surface area contributed by atoms with Crippen molar-refractivity contribution >= 4 is 29.7 Å². The first-order valence-electron chi connectivity index (χ1n) is 7.02. The maximum absolute atomic E-state index is 11.9. The molecule has 2 aromatic rings. The van der Waals surface area contributed by atoms with Crippen molar-refractivity contribution in [2.24, 2.45) is 0 Å². The molecule has 0 spiro atoms.